The van der Waals surface area contributed by atoms with Crippen LogP contribution in [0.2, 0.25) is 0 Å². The van der Waals surface area contributed by atoms with Crippen LogP contribution in [0.5, 0.6) is 5.75 Å². The van der Waals surface area contributed by atoms with E-state index in [1.54, 1.807) is 13.2 Å². The zero-order valence-corrected chi connectivity index (χ0v) is 17.4. The molecule has 2 aliphatic rings. The van der Waals surface area contributed by atoms with E-state index >= 15 is 0 Å². The first-order chi connectivity index (χ1) is 14.1. The number of fused-ring (bicyclic) bond motifs is 1. The molecule has 2 aliphatic heterocycles. The molecule has 29 heavy (non-hydrogen) atoms. The summed E-state index contributed by atoms with van der Waals surface area (Å²) in [7, 11) is 1.61. The number of piperazine rings is 1. The van der Waals surface area contributed by atoms with Gasteiger partial charge in [-0.25, -0.2) is 4.98 Å². The first-order valence-electron chi connectivity index (χ1n) is 9.83. The average molecular weight is 416 g/mol. The molecular formula is C20H25N5O3S. The van der Waals surface area contributed by atoms with E-state index in [4.69, 9.17) is 4.74 Å². The van der Waals surface area contributed by atoms with Crippen LogP contribution in [-0.4, -0.2) is 61.0 Å². The van der Waals surface area contributed by atoms with E-state index < -0.39 is 6.10 Å². The van der Waals surface area contributed by atoms with Crippen molar-refractivity contribution >= 4 is 33.8 Å². The fourth-order valence-corrected chi connectivity index (χ4v) is 4.49. The van der Waals surface area contributed by atoms with Crippen molar-refractivity contribution in [2.24, 2.45) is 0 Å². The molecule has 154 valence electrons. The van der Waals surface area contributed by atoms with Crippen LogP contribution in [0.25, 0.3) is 0 Å². The fraction of sp³-hybridized carbons (Fsp3) is 0.450. The predicted molar refractivity (Wildman–Crippen MR) is 113 cm³/mol. The van der Waals surface area contributed by atoms with Crippen molar-refractivity contribution in [2.75, 3.05) is 43.4 Å². The molecule has 2 aromatic rings. The molecule has 3 heterocycles. The molecule has 2 amide bonds. The Balaban J connectivity index is 1.34. The number of nitrogens with one attached hydrogen (secondary N) is 2. The van der Waals surface area contributed by atoms with Crippen molar-refractivity contribution in [3.05, 3.63) is 35.0 Å². The van der Waals surface area contributed by atoms with Gasteiger partial charge in [0.2, 0.25) is 0 Å². The zero-order valence-electron chi connectivity index (χ0n) is 16.6. The second-order valence-electron chi connectivity index (χ2n) is 7.18. The zero-order chi connectivity index (χ0) is 20.4. The SMILES string of the molecule is CC[C@H]1Oc2ccc(CN3CCN(c4cnc(C(=O)NC)s4)CC3)cc2NC1=O. The molecule has 1 aromatic heterocycles. The molecule has 1 atom stereocenters. The molecular weight excluding hydrogens is 390 g/mol. The number of aromatic nitrogens is 1. The van der Waals surface area contributed by atoms with Crippen LogP contribution >= 0.6 is 11.3 Å². The summed E-state index contributed by atoms with van der Waals surface area (Å²) in [6.07, 6.45) is 2.03. The average Bonchev–Trinajstić information content (AvgIpc) is 3.23. The summed E-state index contributed by atoms with van der Waals surface area (Å²) in [6, 6.07) is 6.01. The van der Waals surface area contributed by atoms with Crippen LogP contribution in [0.15, 0.2) is 24.4 Å². The van der Waals surface area contributed by atoms with Gasteiger partial charge >= 0.3 is 0 Å². The number of benzene rings is 1. The second-order valence-corrected chi connectivity index (χ2v) is 8.19. The van der Waals surface area contributed by atoms with Crippen LogP contribution in [0, 0.1) is 0 Å². The molecule has 1 aromatic carbocycles. The van der Waals surface area contributed by atoms with Crippen molar-refractivity contribution in [2.45, 2.75) is 26.0 Å². The quantitative estimate of drug-likeness (QED) is 0.776. The summed E-state index contributed by atoms with van der Waals surface area (Å²) in [5.74, 6) is 0.516. The van der Waals surface area contributed by atoms with Crippen LogP contribution in [-0.2, 0) is 11.3 Å². The van der Waals surface area contributed by atoms with Crippen molar-refractivity contribution in [3.63, 3.8) is 0 Å². The minimum absolute atomic E-state index is 0.0774. The van der Waals surface area contributed by atoms with Crippen molar-refractivity contribution < 1.29 is 14.3 Å². The standard InChI is InChI=1S/C20H25N5O3S/c1-3-15-18(26)23-14-10-13(4-5-16(14)28-15)12-24-6-8-25(9-7-24)17-11-22-20(29-17)19(27)21-2/h4-5,10-11,15H,3,6-9,12H2,1-2H3,(H,21,27)(H,23,26)/t15-/m1/s1. The molecule has 0 radical (unpaired) electrons. The highest BCUT2D eigenvalue weighted by molar-refractivity contribution is 7.17. The van der Waals surface area contributed by atoms with E-state index in [1.165, 1.54) is 11.3 Å². The summed E-state index contributed by atoms with van der Waals surface area (Å²) in [6.45, 7) is 6.38. The van der Waals surface area contributed by atoms with E-state index in [-0.39, 0.29) is 11.8 Å². The van der Waals surface area contributed by atoms with Crippen LogP contribution in [0.3, 0.4) is 0 Å². The summed E-state index contributed by atoms with van der Waals surface area (Å²) in [4.78, 5) is 32.6. The van der Waals surface area contributed by atoms with E-state index in [1.807, 2.05) is 19.1 Å². The highest BCUT2D eigenvalue weighted by Gasteiger charge is 2.26. The maximum atomic E-state index is 12.0. The van der Waals surface area contributed by atoms with Gasteiger partial charge < -0.3 is 20.3 Å². The van der Waals surface area contributed by atoms with Crippen LogP contribution < -0.4 is 20.3 Å². The highest BCUT2D eigenvalue weighted by atomic mass is 32.1. The third-order valence-electron chi connectivity index (χ3n) is 5.24. The molecule has 0 aliphatic carbocycles. The van der Waals surface area contributed by atoms with E-state index in [9.17, 15) is 9.59 Å². The first-order valence-corrected chi connectivity index (χ1v) is 10.6. The lowest BCUT2D eigenvalue weighted by Crippen LogP contribution is -2.45. The number of hydrogen-bond acceptors (Lipinski definition) is 7. The number of ether oxygens (including phenoxy) is 1. The summed E-state index contributed by atoms with van der Waals surface area (Å²) in [5.41, 5.74) is 1.90. The maximum Gasteiger partial charge on any atom is 0.280 e. The lowest BCUT2D eigenvalue weighted by Gasteiger charge is -2.35. The lowest BCUT2D eigenvalue weighted by molar-refractivity contribution is -0.123. The monoisotopic (exact) mass is 415 g/mol. The number of hydrogen-bond donors (Lipinski definition) is 2. The van der Waals surface area contributed by atoms with Crippen LogP contribution in [0.1, 0.15) is 28.7 Å². The molecule has 0 unspecified atom stereocenters. The minimum atomic E-state index is -0.405. The largest absolute Gasteiger partial charge is 0.478 e. The van der Waals surface area contributed by atoms with Gasteiger partial charge in [0.15, 0.2) is 11.1 Å². The summed E-state index contributed by atoms with van der Waals surface area (Å²) >= 11 is 1.43. The normalized spacial score (nSPS) is 19.3. The van der Waals surface area contributed by atoms with Gasteiger partial charge in [0.25, 0.3) is 11.8 Å². The first kappa shape index (κ1) is 19.7. The molecule has 1 fully saturated rings. The van der Waals surface area contributed by atoms with E-state index in [0.717, 1.165) is 54.7 Å². The predicted octanol–water partition coefficient (Wildman–Crippen LogP) is 1.93. The summed E-state index contributed by atoms with van der Waals surface area (Å²) in [5, 5.41) is 7.09. The van der Waals surface area contributed by atoms with Gasteiger partial charge in [-0.3, -0.25) is 14.5 Å². The Morgan fingerprint density at radius 2 is 2.14 bits per heavy atom. The van der Waals surface area contributed by atoms with E-state index in [0.29, 0.717) is 11.4 Å². The van der Waals surface area contributed by atoms with E-state index in [2.05, 4.69) is 31.5 Å². The second kappa shape index (κ2) is 8.38. The van der Waals surface area contributed by atoms with Gasteiger partial charge in [0, 0.05) is 39.8 Å². The third-order valence-corrected chi connectivity index (χ3v) is 6.30. The topological polar surface area (TPSA) is 86.8 Å². The van der Waals surface area contributed by atoms with Gasteiger partial charge in [-0.15, -0.1) is 0 Å². The number of carbonyl (C=O) groups excluding carboxylic acids is 2. The Labute approximate surface area is 173 Å². The minimum Gasteiger partial charge on any atom is -0.478 e. The Morgan fingerprint density at radius 1 is 1.34 bits per heavy atom. The number of anilines is 2. The Kier molecular flexibility index (Phi) is 5.68. The Bertz CT molecular complexity index is 907. The smallest absolute Gasteiger partial charge is 0.280 e. The maximum absolute atomic E-state index is 12.0. The molecule has 9 heteroatoms. The number of thiazole rings is 1. The molecule has 4 rings (SSSR count). The molecule has 2 N–H and O–H groups in total. The number of rotatable bonds is 5. The Morgan fingerprint density at radius 3 is 2.86 bits per heavy atom. The highest BCUT2D eigenvalue weighted by Crippen LogP contribution is 2.32. The van der Waals surface area contributed by atoms with Crippen molar-refractivity contribution in [1.82, 2.24) is 15.2 Å². The van der Waals surface area contributed by atoms with Gasteiger partial charge in [-0.2, -0.15) is 0 Å². The molecule has 0 bridgehead atoms. The molecule has 0 spiro atoms. The molecule has 1 saturated heterocycles. The van der Waals surface area contributed by atoms with Gasteiger partial charge in [0.1, 0.15) is 10.8 Å². The third kappa shape index (κ3) is 4.20. The Hall–Kier alpha value is -2.65. The molecule has 0 saturated carbocycles. The lowest BCUT2D eigenvalue weighted by atomic mass is 10.1. The number of carbonyl (C=O) groups is 2. The van der Waals surface area contributed by atoms with Gasteiger partial charge in [0.05, 0.1) is 11.9 Å². The van der Waals surface area contributed by atoms with Crippen molar-refractivity contribution in [3.8, 4) is 5.75 Å². The number of amides is 2. The van der Waals surface area contributed by atoms with Gasteiger partial charge in [-0.1, -0.05) is 24.3 Å². The number of nitrogens with zero attached hydrogens (tertiary/aromatic N) is 3. The molecule has 8 nitrogen and oxygen atoms in total. The summed E-state index contributed by atoms with van der Waals surface area (Å²) < 4.78 is 5.76. The van der Waals surface area contributed by atoms with Crippen molar-refractivity contribution in [1.29, 1.82) is 0 Å². The van der Waals surface area contributed by atoms with Crippen LogP contribution in [0.4, 0.5) is 10.7 Å². The van der Waals surface area contributed by atoms with Gasteiger partial charge in [-0.05, 0) is 24.1 Å². The fourth-order valence-electron chi connectivity index (χ4n) is 3.57.